The van der Waals surface area contributed by atoms with E-state index in [0.717, 1.165) is 17.7 Å². The molecule has 28 heavy (non-hydrogen) atoms. The molecule has 1 aromatic rings. The molecule has 1 saturated heterocycles. The van der Waals surface area contributed by atoms with E-state index in [9.17, 15) is 8.42 Å². The highest BCUT2D eigenvalue weighted by atomic mass is 32.2. The number of hydrogen-bond donors (Lipinski definition) is 2. The monoisotopic (exact) mass is 410 g/mol. The lowest BCUT2D eigenvalue weighted by Crippen LogP contribution is -2.41. The van der Waals surface area contributed by atoms with Gasteiger partial charge in [-0.25, -0.2) is 12.7 Å². The van der Waals surface area contributed by atoms with Gasteiger partial charge in [-0.1, -0.05) is 26.0 Å². The zero-order chi connectivity index (χ0) is 20.7. The van der Waals surface area contributed by atoms with Crippen molar-refractivity contribution in [3.8, 4) is 5.75 Å². The number of hydrogen-bond acceptors (Lipinski definition) is 4. The van der Waals surface area contributed by atoms with Gasteiger partial charge in [-0.2, -0.15) is 0 Å². The lowest BCUT2D eigenvalue weighted by molar-refractivity contribution is 0.271. The van der Waals surface area contributed by atoms with E-state index in [2.05, 4.69) is 48.5 Å². The lowest BCUT2D eigenvalue weighted by Gasteiger charge is -2.20. The van der Waals surface area contributed by atoms with Gasteiger partial charge in [-0.3, -0.25) is 4.99 Å². The SMILES string of the molecule is CN=C(NCC1CCN(S(C)(=O)=O)C1)NC(C)c1ccc(OCC(C)C)cc1. The van der Waals surface area contributed by atoms with E-state index in [4.69, 9.17) is 4.74 Å². The summed E-state index contributed by atoms with van der Waals surface area (Å²) in [5.74, 6) is 2.38. The van der Waals surface area contributed by atoms with Crippen LogP contribution in [0.2, 0.25) is 0 Å². The fourth-order valence-corrected chi connectivity index (χ4v) is 4.02. The van der Waals surface area contributed by atoms with Gasteiger partial charge in [-0.05, 0) is 42.9 Å². The molecule has 1 aliphatic rings. The molecule has 0 spiro atoms. The summed E-state index contributed by atoms with van der Waals surface area (Å²) in [6.07, 6.45) is 2.13. The fraction of sp³-hybridized carbons (Fsp3) is 0.650. The van der Waals surface area contributed by atoms with Gasteiger partial charge in [0.1, 0.15) is 5.75 Å². The molecule has 158 valence electrons. The average Bonchev–Trinajstić information content (AvgIpc) is 3.13. The third-order valence-corrected chi connectivity index (χ3v) is 6.09. The second kappa shape index (κ2) is 10.1. The first-order valence-corrected chi connectivity index (χ1v) is 11.7. The smallest absolute Gasteiger partial charge is 0.211 e. The topological polar surface area (TPSA) is 83.0 Å². The minimum Gasteiger partial charge on any atom is -0.493 e. The summed E-state index contributed by atoms with van der Waals surface area (Å²) in [5.41, 5.74) is 1.14. The maximum atomic E-state index is 11.6. The van der Waals surface area contributed by atoms with Gasteiger partial charge in [0.05, 0.1) is 18.9 Å². The molecule has 0 aliphatic carbocycles. The van der Waals surface area contributed by atoms with Crippen molar-refractivity contribution in [2.45, 2.75) is 33.2 Å². The Morgan fingerprint density at radius 1 is 1.29 bits per heavy atom. The second-order valence-electron chi connectivity index (χ2n) is 7.87. The maximum Gasteiger partial charge on any atom is 0.211 e. The standard InChI is InChI=1S/C20H34N4O3S/c1-15(2)14-27-19-8-6-18(7-9-19)16(3)23-20(21-4)22-12-17-10-11-24(13-17)28(5,25)26/h6-9,15-17H,10-14H2,1-5H3,(H2,21,22,23). The molecule has 0 aromatic heterocycles. The first-order valence-electron chi connectivity index (χ1n) is 9.84. The number of sulfonamides is 1. The average molecular weight is 411 g/mol. The molecule has 0 saturated carbocycles. The molecule has 2 N–H and O–H groups in total. The molecule has 0 radical (unpaired) electrons. The third kappa shape index (κ3) is 6.98. The Labute approximate surface area is 169 Å². The van der Waals surface area contributed by atoms with Gasteiger partial charge in [0.15, 0.2) is 5.96 Å². The van der Waals surface area contributed by atoms with Crippen molar-refractivity contribution < 1.29 is 13.2 Å². The van der Waals surface area contributed by atoms with E-state index < -0.39 is 10.0 Å². The van der Waals surface area contributed by atoms with E-state index in [1.807, 2.05) is 12.1 Å². The predicted molar refractivity (Wildman–Crippen MR) is 114 cm³/mol. The van der Waals surface area contributed by atoms with Crippen LogP contribution in [-0.2, 0) is 10.0 Å². The fourth-order valence-electron chi connectivity index (χ4n) is 3.10. The van der Waals surface area contributed by atoms with Crippen LogP contribution in [0, 0.1) is 11.8 Å². The van der Waals surface area contributed by atoms with Crippen LogP contribution in [0.25, 0.3) is 0 Å². The summed E-state index contributed by atoms with van der Waals surface area (Å²) in [7, 11) is -1.36. The quantitative estimate of drug-likeness (QED) is 0.507. The van der Waals surface area contributed by atoms with Gasteiger partial charge in [-0.15, -0.1) is 0 Å². The van der Waals surface area contributed by atoms with Gasteiger partial charge in [0, 0.05) is 26.7 Å². The summed E-state index contributed by atoms with van der Waals surface area (Å²) in [5, 5.41) is 6.71. The molecule has 1 aliphatic heterocycles. The van der Waals surface area contributed by atoms with Crippen molar-refractivity contribution >= 4 is 16.0 Å². The van der Waals surface area contributed by atoms with Crippen LogP contribution in [0.3, 0.4) is 0 Å². The number of rotatable bonds is 8. The van der Waals surface area contributed by atoms with E-state index in [-0.39, 0.29) is 6.04 Å². The molecule has 0 bridgehead atoms. The van der Waals surface area contributed by atoms with Crippen LogP contribution < -0.4 is 15.4 Å². The molecule has 2 atom stereocenters. The molecule has 2 unspecified atom stereocenters. The Kier molecular flexibility index (Phi) is 8.12. The number of aliphatic imine (C=N–C) groups is 1. The van der Waals surface area contributed by atoms with Crippen LogP contribution in [0.4, 0.5) is 0 Å². The second-order valence-corrected chi connectivity index (χ2v) is 9.85. The molecule has 1 heterocycles. The number of guanidine groups is 1. The number of ether oxygens (including phenoxy) is 1. The van der Waals surface area contributed by atoms with Gasteiger partial charge < -0.3 is 15.4 Å². The van der Waals surface area contributed by atoms with Crippen molar-refractivity contribution in [2.24, 2.45) is 16.8 Å². The minimum atomic E-state index is -3.10. The summed E-state index contributed by atoms with van der Waals surface area (Å²) in [6, 6.07) is 8.18. The van der Waals surface area contributed by atoms with E-state index in [1.54, 1.807) is 11.4 Å². The summed E-state index contributed by atoms with van der Waals surface area (Å²) in [4.78, 5) is 4.29. The molecular weight excluding hydrogens is 376 g/mol. The van der Waals surface area contributed by atoms with Gasteiger partial charge >= 0.3 is 0 Å². The van der Waals surface area contributed by atoms with Crippen LogP contribution >= 0.6 is 0 Å². The zero-order valence-electron chi connectivity index (χ0n) is 17.6. The predicted octanol–water partition coefficient (Wildman–Crippen LogP) is 2.23. The highest BCUT2D eigenvalue weighted by molar-refractivity contribution is 7.88. The zero-order valence-corrected chi connectivity index (χ0v) is 18.4. The van der Waals surface area contributed by atoms with Crippen molar-refractivity contribution in [1.82, 2.24) is 14.9 Å². The Hall–Kier alpha value is -1.80. The molecular formula is C20H34N4O3S. The van der Waals surface area contributed by atoms with Crippen LogP contribution in [0.1, 0.15) is 38.8 Å². The summed E-state index contributed by atoms with van der Waals surface area (Å²) < 4.78 is 30.5. The lowest BCUT2D eigenvalue weighted by atomic mass is 10.1. The van der Waals surface area contributed by atoms with Crippen molar-refractivity contribution in [3.05, 3.63) is 29.8 Å². The van der Waals surface area contributed by atoms with Crippen LogP contribution in [0.5, 0.6) is 5.75 Å². The third-order valence-electron chi connectivity index (χ3n) is 4.82. The molecule has 1 aromatic carbocycles. The Morgan fingerprint density at radius 2 is 1.96 bits per heavy atom. The first-order chi connectivity index (χ1) is 13.2. The number of benzene rings is 1. The molecule has 0 amide bonds. The molecule has 8 heteroatoms. The first kappa shape index (κ1) is 22.5. The number of nitrogens with zero attached hydrogens (tertiary/aromatic N) is 2. The van der Waals surface area contributed by atoms with E-state index in [0.29, 0.717) is 44.0 Å². The van der Waals surface area contributed by atoms with Crippen molar-refractivity contribution in [3.63, 3.8) is 0 Å². The Bertz CT molecular complexity index is 747. The highest BCUT2D eigenvalue weighted by Gasteiger charge is 2.28. The Morgan fingerprint density at radius 3 is 2.50 bits per heavy atom. The van der Waals surface area contributed by atoms with E-state index in [1.165, 1.54) is 6.26 Å². The maximum absolute atomic E-state index is 11.6. The van der Waals surface area contributed by atoms with Crippen molar-refractivity contribution in [1.29, 1.82) is 0 Å². The van der Waals surface area contributed by atoms with Crippen LogP contribution in [-0.4, -0.2) is 58.2 Å². The van der Waals surface area contributed by atoms with Gasteiger partial charge in [0.25, 0.3) is 0 Å². The number of nitrogens with one attached hydrogen (secondary N) is 2. The molecule has 1 fully saturated rings. The highest BCUT2D eigenvalue weighted by Crippen LogP contribution is 2.19. The molecule has 7 nitrogen and oxygen atoms in total. The largest absolute Gasteiger partial charge is 0.493 e. The summed E-state index contributed by atoms with van der Waals surface area (Å²) >= 11 is 0. The van der Waals surface area contributed by atoms with E-state index >= 15 is 0 Å². The minimum absolute atomic E-state index is 0.0847. The van der Waals surface area contributed by atoms with Crippen molar-refractivity contribution in [2.75, 3.05) is 39.5 Å². The summed E-state index contributed by atoms with van der Waals surface area (Å²) in [6.45, 7) is 8.90. The van der Waals surface area contributed by atoms with Crippen LogP contribution in [0.15, 0.2) is 29.3 Å². The van der Waals surface area contributed by atoms with Gasteiger partial charge in [0.2, 0.25) is 10.0 Å². The normalized spacial score (nSPS) is 19.6. The molecule has 2 rings (SSSR count). The Balaban J connectivity index is 1.82.